The number of hydrogen-bond acceptors (Lipinski definition) is 3. The molecular weight excluding hydrogens is 326 g/mol. The van der Waals surface area contributed by atoms with E-state index < -0.39 is 5.60 Å². The third-order valence-electron chi connectivity index (χ3n) is 4.93. The second-order valence-corrected chi connectivity index (χ2v) is 8.21. The molecule has 2 atom stereocenters. The molecule has 0 saturated carbocycles. The third-order valence-corrected chi connectivity index (χ3v) is 4.93. The van der Waals surface area contributed by atoms with E-state index in [-0.39, 0.29) is 18.1 Å². The van der Waals surface area contributed by atoms with Gasteiger partial charge in [-0.15, -0.1) is 0 Å². The molecule has 1 aromatic heterocycles. The van der Waals surface area contributed by atoms with Crippen LogP contribution in [0, 0.1) is 6.92 Å². The van der Waals surface area contributed by atoms with Crippen LogP contribution in [-0.4, -0.2) is 39.1 Å². The monoisotopic (exact) mass is 355 g/mol. The average molecular weight is 355 g/mol. The summed E-state index contributed by atoms with van der Waals surface area (Å²) >= 11 is 0. The molecule has 0 bridgehead atoms. The van der Waals surface area contributed by atoms with Crippen molar-refractivity contribution < 1.29 is 9.53 Å². The van der Waals surface area contributed by atoms with Gasteiger partial charge in [-0.1, -0.05) is 29.8 Å². The Balaban J connectivity index is 1.76. The fourth-order valence-electron chi connectivity index (χ4n) is 3.49. The molecule has 1 aliphatic heterocycles. The number of aromatic amines is 1. The normalized spacial score (nSPS) is 20.9. The van der Waals surface area contributed by atoms with Crippen LogP contribution in [0.4, 0.5) is 4.79 Å². The standard InChI is InChI=1S/C21H29N3O2/c1-14-8-10-16(11-9-14)18-13-22-19(23-18)17-7-6-12-24(15(17)2)20(25)26-21(3,4)5/h8-11,13,15,17H,6-7,12H2,1-5H3,(H,22,23)/t15-,17-/m1/s1. The lowest BCUT2D eigenvalue weighted by Crippen LogP contribution is -2.48. The number of rotatable bonds is 2. The predicted octanol–water partition coefficient (Wildman–Crippen LogP) is 4.89. The van der Waals surface area contributed by atoms with Crippen molar-refractivity contribution in [3.63, 3.8) is 0 Å². The van der Waals surface area contributed by atoms with Crippen molar-refractivity contribution in [1.29, 1.82) is 0 Å². The maximum Gasteiger partial charge on any atom is 0.410 e. The molecule has 5 heteroatoms. The summed E-state index contributed by atoms with van der Waals surface area (Å²) in [6.45, 7) is 10.6. The zero-order valence-electron chi connectivity index (χ0n) is 16.4. The topological polar surface area (TPSA) is 58.2 Å². The first-order chi connectivity index (χ1) is 12.2. The second-order valence-electron chi connectivity index (χ2n) is 8.21. The molecule has 1 saturated heterocycles. The van der Waals surface area contributed by atoms with Gasteiger partial charge in [0.1, 0.15) is 11.4 Å². The highest BCUT2D eigenvalue weighted by Gasteiger charge is 2.35. The Hall–Kier alpha value is -2.30. The van der Waals surface area contributed by atoms with Gasteiger partial charge < -0.3 is 14.6 Å². The molecule has 0 spiro atoms. The first kappa shape index (κ1) is 18.5. The minimum Gasteiger partial charge on any atom is -0.444 e. The number of hydrogen-bond donors (Lipinski definition) is 1. The quantitative estimate of drug-likeness (QED) is 0.834. The summed E-state index contributed by atoms with van der Waals surface area (Å²) in [5, 5.41) is 0. The van der Waals surface area contributed by atoms with Crippen LogP contribution in [0.2, 0.25) is 0 Å². The van der Waals surface area contributed by atoms with Crippen LogP contribution < -0.4 is 0 Å². The Morgan fingerprint density at radius 3 is 2.62 bits per heavy atom. The van der Waals surface area contributed by atoms with Crippen molar-refractivity contribution in [3.05, 3.63) is 41.9 Å². The van der Waals surface area contributed by atoms with Crippen molar-refractivity contribution in [1.82, 2.24) is 14.9 Å². The molecule has 2 heterocycles. The molecule has 1 amide bonds. The zero-order valence-corrected chi connectivity index (χ0v) is 16.4. The first-order valence-corrected chi connectivity index (χ1v) is 9.36. The van der Waals surface area contributed by atoms with E-state index in [9.17, 15) is 4.79 Å². The Kier molecular flexibility index (Phi) is 5.08. The Labute approximate surface area is 155 Å². The summed E-state index contributed by atoms with van der Waals surface area (Å²) < 4.78 is 5.57. The number of nitrogens with zero attached hydrogens (tertiary/aromatic N) is 2. The molecule has 140 valence electrons. The van der Waals surface area contributed by atoms with Crippen molar-refractivity contribution >= 4 is 6.09 Å². The minimum absolute atomic E-state index is 0.0515. The van der Waals surface area contributed by atoms with Crippen LogP contribution in [0.25, 0.3) is 11.3 Å². The van der Waals surface area contributed by atoms with E-state index in [4.69, 9.17) is 4.74 Å². The number of piperidine rings is 1. The number of benzene rings is 1. The summed E-state index contributed by atoms with van der Waals surface area (Å²) in [5.74, 6) is 1.14. The number of aryl methyl sites for hydroxylation is 1. The molecule has 0 aliphatic carbocycles. The summed E-state index contributed by atoms with van der Waals surface area (Å²) in [7, 11) is 0. The third kappa shape index (κ3) is 4.09. The van der Waals surface area contributed by atoms with Crippen LogP contribution in [0.5, 0.6) is 0 Å². The van der Waals surface area contributed by atoms with Crippen LogP contribution >= 0.6 is 0 Å². The fourth-order valence-corrected chi connectivity index (χ4v) is 3.49. The maximum absolute atomic E-state index is 12.5. The van der Waals surface area contributed by atoms with Crippen LogP contribution in [-0.2, 0) is 4.74 Å². The Morgan fingerprint density at radius 1 is 1.27 bits per heavy atom. The second kappa shape index (κ2) is 7.14. The van der Waals surface area contributed by atoms with Crippen molar-refractivity contribution in [3.8, 4) is 11.3 Å². The van der Waals surface area contributed by atoms with Crippen molar-refractivity contribution in [2.24, 2.45) is 0 Å². The van der Waals surface area contributed by atoms with E-state index >= 15 is 0 Å². The van der Waals surface area contributed by atoms with E-state index in [2.05, 4.69) is 48.1 Å². The summed E-state index contributed by atoms with van der Waals surface area (Å²) in [6, 6.07) is 8.45. The fraction of sp³-hybridized carbons (Fsp3) is 0.524. The average Bonchev–Trinajstić information content (AvgIpc) is 3.03. The summed E-state index contributed by atoms with van der Waals surface area (Å²) in [4.78, 5) is 22.5. The number of carbonyl (C=O) groups is 1. The zero-order chi connectivity index (χ0) is 18.9. The Morgan fingerprint density at radius 2 is 1.96 bits per heavy atom. The van der Waals surface area contributed by atoms with Gasteiger partial charge in [0.05, 0.1) is 11.9 Å². The highest BCUT2D eigenvalue weighted by molar-refractivity contribution is 5.69. The first-order valence-electron chi connectivity index (χ1n) is 9.36. The summed E-state index contributed by atoms with van der Waals surface area (Å²) in [6.07, 6.45) is 3.62. The number of nitrogens with one attached hydrogen (secondary N) is 1. The van der Waals surface area contributed by atoms with Gasteiger partial charge >= 0.3 is 6.09 Å². The van der Waals surface area contributed by atoms with E-state index in [1.54, 1.807) is 0 Å². The van der Waals surface area contributed by atoms with Crippen LogP contribution in [0.15, 0.2) is 30.5 Å². The molecule has 1 aromatic carbocycles. The molecule has 0 unspecified atom stereocenters. The molecule has 2 aromatic rings. The predicted molar refractivity (Wildman–Crippen MR) is 103 cm³/mol. The SMILES string of the molecule is Cc1ccc(-c2cnc([C@@H]3CCCN(C(=O)OC(C)(C)C)[C@@H]3C)[nH]2)cc1. The highest BCUT2D eigenvalue weighted by atomic mass is 16.6. The maximum atomic E-state index is 12.5. The van der Waals surface area contributed by atoms with E-state index in [0.717, 1.165) is 36.5 Å². The van der Waals surface area contributed by atoms with E-state index in [1.165, 1.54) is 5.56 Å². The lowest BCUT2D eigenvalue weighted by atomic mass is 9.90. The van der Waals surface area contributed by atoms with Gasteiger partial charge in [-0.3, -0.25) is 0 Å². The van der Waals surface area contributed by atoms with Gasteiger partial charge in [0, 0.05) is 18.5 Å². The molecular formula is C21H29N3O2. The van der Waals surface area contributed by atoms with Crippen molar-refractivity contribution in [2.75, 3.05) is 6.54 Å². The van der Waals surface area contributed by atoms with Crippen LogP contribution in [0.1, 0.15) is 57.8 Å². The largest absolute Gasteiger partial charge is 0.444 e. The minimum atomic E-state index is -0.479. The van der Waals surface area contributed by atoms with E-state index in [0.29, 0.717) is 0 Å². The number of aromatic nitrogens is 2. The van der Waals surface area contributed by atoms with Crippen LogP contribution in [0.3, 0.4) is 0 Å². The van der Waals surface area contributed by atoms with E-state index in [1.807, 2.05) is 31.9 Å². The van der Waals surface area contributed by atoms with Gasteiger partial charge in [0.15, 0.2) is 0 Å². The van der Waals surface area contributed by atoms with Gasteiger partial charge in [-0.2, -0.15) is 0 Å². The highest BCUT2D eigenvalue weighted by Crippen LogP contribution is 2.33. The smallest absolute Gasteiger partial charge is 0.410 e. The lowest BCUT2D eigenvalue weighted by molar-refractivity contribution is 0.00855. The van der Waals surface area contributed by atoms with Gasteiger partial charge in [-0.25, -0.2) is 9.78 Å². The molecule has 0 radical (unpaired) electrons. The number of ether oxygens (including phenoxy) is 1. The molecule has 5 nitrogen and oxygen atoms in total. The number of carbonyl (C=O) groups excluding carboxylic acids is 1. The van der Waals surface area contributed by atoms with Gasteiger partial charge in [-0.05, 0) is 53.0 Å². The molecule has 1 N–H and O–H groups in total. The molecule has 1 aliphatic rings. The number of imidazole rings is 1. The van der Waals surface area contributed by atoms with Gasteiger partial charge in [0.25, 0.3) is 0 Å². The number of likely N-dealkylation sites (tertiary alicyclic amines) is 1. The lowest BCUT2D eigenvalue weighted by Gasteiger charge is -2.39. The molecule has 3 rings (SSSR count). The molecule has 26 heavy (non-hydrogen) atoms. The molecule has 1 fully saturated rings. The number of amides is 1. The van der Waals surface area contributed by atoms with Gasteiger partial charge in [0.2, 0.25) is 0 Å². The summed E-state index contributed by atoms with van der Waals surface area (Å²) in [5.41, 5.74) is 2.90. The Bertz CT molecular complexity index is 758. The number of H-pyrrole nitrogens is 1. The van der Waals surface area contributed by atoms with Crippen molar-refractivity contribution in [2.45, 2.75) is 65.0 Å².